The zero-order valence-corrected chi connectivity index (χ0v) is 37.8. The van der Waals surface area contributed by atoms with Crippen molar-refractivity contribution in [1.29, 1.82) is 0 Å². The summed E-state index contributed by atoms with van der Waals surface area (Å²) < 4.78 is 31.2. The van der Waals surface area contributed by atoms with Gasteiger partial charge in [0.25, 0.3) is 18.2 Å². The van der Waals surface area contributed by atoms with Crippen LogP contribution in [0.15, 0.2) is 18.2 Å². The van der Waals surface area contributed by atoms with Crippen LogP contribution in [0.25, 0.3) is 10.2 Å². The van der Waals surface area contributed by atoms with Crippen LogP contribution in [0.2, 0.25) is 5.02 Å². The summed E-state index contributed by atoms with van der Waals surface area (Å²) in [5.41, 5.74) is -0.0663. The van der Waals surface area contributed by atoms with Gasteiger partial charge in [0, 0.05) is 12.1 Å². The molecule has 0 atom stereocenters. The van der Waals surface area contributed by atoms with E-state index in [9.17, 15) is 14.4 Å². The standard InChI is InChI=1S/C14H17NO4S.C8H8ClNO3.C6H12O2S.CH2O3.2K.H/c1-14(2,3)19-13(16)11-6-8-10(20-11)7-9(17-4)12(15-8)18-5;1-12-7-3-5(9)6(4-11)10-8(7)13-2;1-6(2,3)8-5(7)4-9;2-1-4-3;;;/h6-7H,1-5H3;3-4H,1-2H3;9H,4H2,1-3H3;1,3H;;;/q;;;;2*+1;-1/p-1. The van der Waals surface area contributed by atoms with E-state index in [0.29, 0.717) is 34.1 Å². The number of aldehydes is 1. The topological polar surface area (TPSA) is 182 Å². The van der Waals surface area contributed by atoms with Gasteiger partial charge in [-0.1, -0.05) is 11.6 Å². The first-order valence-electron chi connectivity index (χ1n) is 13.0. The van der Waals surface area contributed by atoms with Gasteiger partial charge in [-0.15, -0.1) is 11.3 Å². The molecule has 48 heavy (non-hydrogen) atoms. The van der Waals surface area contributed by atoms with Gasteiger partial charge >= 0.3 is 115 Å². The van der Waals surface area contributed by atoms with Crippen LogP contribution in [0, 0.1) is 0 Å². The third kappa shape index (κ3) is 20.3. The monoisotopic (exact) mass is 784 g/mol. The van der Waals surface area contributed by atoms with Gasteiger partial charge in [0.15, 0.2) is 17.8 Å². The number of hydrogen-bond donors (Lipinski definition) is 1. The van der Waals surface area contributed by atoms with E-state index in [0.717, 1.165) is 4.70 Å². The SMILES string of the molecule is CC(C)(C)OC(=O)CS.COc1cc(Cl)c(C=O)nc1OC.COc1cc2sc(C(=O)OC(C)(C)C)cc2nc1OC.O=CO[O-].[H-].[K+].[K+]. The largest absolute Gasteiger partial charge is 1.00 e. The number of carbonyl (C=O) groups excluding carboxylic acids is 4. The van der Waals surface area contributed by atoms with E-state index < -0.39 is 5.60 Å². The summed E-state index contributed by atoms with van der Waals surface area (Å²) in [7, 11) is 5.98. The van der Waals surface area contributed by atoms with Crippen molar-refractivity contribution in [1.82, 2.24) is 9.97 Å². The Balaban J connectivity index is -0.000000304. The number of thiophene rings is 1. The Bertz CT molecular complexity index is 1410. The van der Waals surface area contributed by atoms with Crippen molar-refractivity contribution >= 4 is 70.5 Å². The fraction of sp³-hybridized carbons (Fsp3) is 0.448. The number of carbonyl (C=O) groups is 4. The molecule has 3 aromatic rings. The Morgan fingerprint density at radius 1 is 0.875 bits per heavy atom. The van der Waals surface area contributed by atoms with Gasteiger partial charge in [-0.25, -0.2) is 14.8 Å². The molecule has 0 radical (unpaired) electrons. The first-order valence-corrected chi connectivity index (χ1v) is 14.8. The molecule has 0 aromatic carbocycles. The van der Waals surface area contributed by atoms with Gasteiger partial charge in [-0.3, -0.25) is 14.4 Å². The number of esters is 2. The minimum absolute atomic E-state index is 0. The van der Waals surface area contributed by atoms with E-state index in [2.05, 4.69) is 27.5 Å². The summed E-state index contributed by atoms with van der Waals surface area (Å²) in [6.45, 7) is 10.8. The maximum absolute atomic E-state index is 12.0. The normalized spacial score (nSPS) is 9.85. The number of halogens is 1. The Morgan fingerprint density at radius 3 is 1.73 bits per heavy atom. The zero-order valence-electron chi connectivity index (χ0n) is 30.1. The van der Waals surface area contributed by atoms with Gasteiger partial charge in [-0.05, 0) is 47.6 Å². The molecule has 0 aliphatic rings. The van der Waals surface area contributed by atoms with Crippen molar-refractivity contribution in [2.24, 2.45) is 0 Å². The summed E-state index contributed by atoms with van der Waals surface area (Å²) >= 11 is 10.8. The molecule has 0 aliphatic heterocycles. The molecule has 3 heterocycles. The van der Waals surface area contributed by atoms with Crippen molar-refractivity contribution in [3.63, 3.8) is 0 Å². The van der Waals surface area contributed by atoms with E-state index in [1.807, 2.05) is 41.5 Å². The maximum Gasteiger partial charge on any atom is 1.00 e. The van der Waals surface area contributed by atoms with E-state index in [-0.39, 0.29) is 151 Å². The fourth-order valence-electron chi connectivity index (χ4n) is 2.87. The van der Waals surface area contributed by atoms with Crippen LogP contribution in [0.4, 0.5) is 0 Å². The molecule has 0 bridgehead atoms. The second-order valence-electron chi connectivity index (χ2n) is 10.3. The summed E-state index contributed by atoms with van der Waals surface area (Å²) in [5, 5.41) is 8.67. The van der Waals surface area contributed by atoms with E-state index >= 15 is 0 Å². The molecule has 0 saturated heterocycles. The second-order valence-corrected chi connectivity index (χ2v) is 12.1. The fourth-order valence-corrected chi connectivity index (χ4v) is 4.03. The van der Waals surface area contributed by atoms with E-state index in [1.54, 1.807) is 19.2 Å². The predicted octanol–water partition coefficient (Wildman–Crippen LogP) is -1.35. The van der Waals surface area contributed by atoms with Crippen molar-refractivity contribution < 1.29 is 162 Å². The molecule has 0 unspecified atom stereocenters. The number of thiol groups is 1. The Hall–Kier alpha value is -0.587. The average Bonchev–Trinajstić information content (AvgIpc) is 3.42. The molecular weight excluding hydrogens is 746 g/mol. The van der Waals surface area contributed by atoms with Gasteiger partial charge in [0.2, 0.25) is 0 Å². The van der Waals surface area contributed by atoms with Gasteiger partial charge in [0.05, 0.1) is 49.4 Å². The Labute approximate surface area is 380 Å². The van der Waals surface area contributed by atoms with Crippen molar-refractivity contribution in [3.8, 4) is 23.3 Å². The molecule has 0 fully saturated rings. The van der Waals surface area contributed by atoms with Gasteiger partial charge in [-0.2, -0.15) is 12.6 Å². The number of pyridine rings is 2. The van der Waals surface area contributed by atoms with E-state index in [1.165, 1.54) is 38.7 Å². The van der Waals surface area contributed by atoms with Crippen LogP contribution in [-0.2, 0) is 24.0 Å². The number of hydrogen-bond acceptors (Lipinski definition) is 16. The molecule has 0 N–H and O–H groups in total. The zero-order chi connectivity index (χ0) is 35.7. The number of nitrogens with zero attached hydrogens (tertiary/aromatic N) is 2. The van der Waals surface area contributed by atoms with Crippen molar-refractivity contribution in [3.05, 3.63) is 33.8 Å². The minimum Gasteiger partial charge on any atom is -1.00 e. The quantitative estimate of drug-likeness (QED) is 0.0707. The van der Waals surface area contributed by atoms with Crippen LogP contribution in [0.1, 0.15) is 63.1 Å². The van der Waals surface area contributed by atoms with Gasteiger partial charge in [0.1, 0.15) is 21.8 Å². The summed E-state index contributed by atoms with van der Waals surface area (Å²) in [4.78, 5) is 52.9. The molecule has 258 valence electrons. The number of aromatic nitrogens is 2. The van der Waals surface area contributed by atoms with Crippen LogP contribution in [0.3, 0.4) is 0 Å². The molecule has 0 amide bonds. The Morgan fingerprint density at radius 2 is 1.35 bits per heavy atom. The first kappa shape index (κ1) is 51.8. The first-order chi connectivity index (χ1) is 21.4. The number of methoxy groups -OCH3 is 4. The molecular formula is C29H39ClK2N2O12S2. The van der Waals surface area contributed by atoms with Crippen LogP contribution in [-0.4, -0.2) is 80.1 Å². The molecule has 0 spiro atoms. The predicted molar refractivity (Wildman–Crippen MR) is 174 cm³/mol. The van der Waals surface area contributed by atoms with Crippen LogP contribution < -0.4 is 127 Å². The molecule has 0 saturated carbocycles. The number of fused-ring (bicyclic) bond motifs is 1. The van der Waals surface area contributed by atoms with Crippen LogP contribution >= 0.6 is 35.6 Å². The molecule has 3 rings (SSSR count). The number of rotatable bonds is 8. The maximum atomic E-state index is 12.0. The summed E-state index contributed by atoms with van der Waals surface area (Å²) in [6.07, 6.45) is 0.560. The Kier molecular flexibility index (Phi) is 28.3. The van der Waals surface area contributed by atoms with Crippen molar-refractivity contribution in [2.45, 2.75) is 52.7 Å². The third-order valence-electron chi connectivity index (χ3n) is 4.50. The average molecular weight is 785 g/mol. The minimum atomic E-state index is -0.518. The van der Waals surface area contributed by atoms with E-state index in [4.69, 9.17) is 50.1 Å². The summed E-state index contributed by atoms with van der Waals surface area (Å²) in [6, 6.07) is 4.99. The van der Waals surface area contributed by atoms with Gasteiger partial charge < -0.3 is 40.0 Å². The molecule has 19 heteroatoms. The third-order valence-corrected chi connectivity index (χ3v) is 6.11. The smallest absolute Gasteiger partial charge is 1.00 e. The van der Waals surface area contributed by atoms with Crippen LogP contribution in [0.5, 0.6) is 23.3 Å². The molecule has 3 aromatic heterocycles. The van der Waals surface area contributed by atoms with Crippen molar-refractivity contribution in [2.75, 3.05) is 34.2 Å². The molecule has 0 aliphatic carbocycles. The summed E-state index contributed by atoms with van der Waals surface area (Å²) in [5.74, 6) is 1.11. The number of ether oxygens (including phenoxy) is 6. The second kappa shape index (κ2) is 26.2. The molecule has 14 nitrogen and oxygen atoms in total.